The van der Waals surface area contributed by atoms with Crippen molar-refractivity contribution < 1.29 is 33.6 Å². The van der Waals surface area contributed by atoms with Gasteiger partial charge in [0.15, 0.2) is 16.6 Å². The Morgan fingerprint density at radius 3 is 2.28 bits per heavy atom. The zero-order valence-corrected chi connectivity index (χ0v) is 21.5. The third kappa shape index (κ3) is 3.94. The van der Waals surface area contributed by atoms with Crippen LogP contribution in [0.15, 0.2) is 48.0 Å². The van der Waals surface area contributed by atoms with E-state index in [4.69, 9.17) is 23.7 Å². The maximum atomic E-state index is 13.4. The lowest BCUT2D eigenvalue weighted by molar-refractivity contribution is -0.185. The number of hydrogen-bond acceptors (Lipinski definition) is 11. The molecule has 4 aromatic rings. The Morgan fingerprint density at radius 1 is 0.917 bits per heavy atom. The summed E-state index contributed by atoms with van der Waals surface area (Å²) in [6, 6.07) is 12.2. The number of fused-ring (bicyclic) bond motifs is 1. The molecule has 2 aromatic heterocycles. The molecule has 0 amide bonds. The number of ether oxygens (including phenoxy) is 5. The van der Waals surface area contributed by atoms with Gasteiger partial charge in [0, 0.05) is 22.4 Å². The van der Waals surface area contributed by atoms with E-state index in [-0.39, 0.29) is 17.6 Å². The Balaban J connectivity index is 1.73. The number of aromatic nitrogens is 2. The first kappa shape index (κ1) is 24.0. The van der Waals surface area contributed by atoms with Gasteiger partial charge in [0.25, 0.3) is 5.79 Å². The van der Waals surface area contributed by atoms with Crippen LogP contribution >= 0.6 is 23.1 Å². The van der Waals surface area contributed by atoms with Crippen molar-refractivity contribution >= 4 is 45.6 Å². The Bertz CT molecular complexity index is 1470. The average Bonchev–Trinajstić information content (AvgIpc) is 3.61. The first-order valence-corrected chi connectivity index (χ1v) is 12.3. The molecule has 1 N–H and O–H groups in total. The van der Waals surface area contributed by atoms with E-state index >= 15 is 0 Å². The van der Waals surface area contributed by atoms with Gasteiger partial charge in [-0.1, -0.05) is 6.07 Å². The van der Waals surface area contributed by atoms with Gasteiger partial charge in [0.2, 0.25) is 5.75 Å². The monoisotopic (exact) mass is 526 g/mol. The van der Waals surface area contributed by atoms with Gasteiger partial charge in [-0.3, -0.25) is 0 Å². The lowest BCUT2D eigenvalue weighted by atomic mass is 9.89. The highest BCUT2D eigenvalue weighted by Gasteiger charge is 2.49. The second-order valence-electron chi connectivity index (χ2n) is 7.87. The minimum Gasteiger partial charge on any atom is -0.493 e. The van der Waals surface area contributed by atoms with Gasteiger partial charge in [-0.25, -0.2) is 4.79 Å². The van der Waals surface area contributed by atoms with Crippen molar-refractivity contribution in [1.82, 2.24) is 8.75 Å². The van der Waals surface area contributed by atoms with E-state index in [0.717, 1.165) is 22.1 Å². The molecule has 186 valence electrons. The molecule has 2 aromatic carbocycles. The molecule has 1 atom stereocenters. The predicted octanol–water partition coefficient (Wildman–Crippen LogP) is 4.19. The van der Waals surface area contributed by atoms with Crippen LogP contribution in [0, 0.1) is 0 Å². The van der Waals surface area contributed by atoms with Gasteiger partial charge < -0.3 is 28.8 Å². The minimum absolute atomic E-state index is 0.232. The second-order valence-corrected chi connectivity index (χ2v) is 9.53. The molecule has 1 aliphatic rings. The van der Waals surface area contributed by atoms with Crippen LogP contribution in [-0.2, 0) is 21.7 Å². The van der Waals surface area contributed by atoms with E-state index in [1.807, 2.05) is 12.1 Å². The second kappa shape index (κ2) is 9.41. The summed E-state index contributed by atoms with van der Waals surface area (Å²) >= 11 is 2.50. The van der Waals surface area contributed by atoms with Crippen LogP contribution in [0.2, 0.25) is 0 Å². The summed E-state index contributed by atoms with van der Waals surface area (Å²) in [5.74, 6) is -1.76. The maximum absolute atomic E-state index is 13.4. The van der Waals surface area contributed by atoms with Gasteiger partial charge in [0.1, 0.15) is 11.0 Å². The summed E-state index contributed by atoms with van der Waals surface area (Å²) in [5, 5.41) is 12.7. The third-order valence-corrected chi connectivity index (χ3v) is 7.55. The number of thiophene rings is 1. The number of carbonyl (C=O) groups excluding carboxylic acids is 1. The molecular weight excluding hydrogens is 504 g/mol. The van der Waals surface area contributed by atoms with Gasteiger partial charge in [-0.2, -0.15) is 8.75 Å². The Morgan fingerprint density at radius 2 is 1.64 bits per heavy atom. The summed E-state index contributed by atoms with van der Waals surface area (Å²) in [7, 11) is 6.03. The molecular formula is C25H22N2O7S2. The zero-order chi connectivity index (χ0) is 25.4. The average molecular weight is 527 g/mol. The van der Waals surface area contributed by atoms with Gasteiger partial charge in [0.05, 0.1) is 45.7 Å². The highest BCUT2D eigenvalue weighted by Crippen LogP contribution is 2.49. The van der Waals surface area contributed by atoms with Crippen LogP contribution in [0.25, 0.3) is 16.6 Å². The number of aliphatic hydroxyl groups is 1. The number of carbonyl (C=O) groups is 1. The fourth-order valence-corrected chi connectivity index (χ4v) is 5.57. The highest BCUT2D eigenvalue weighted by molar-refractivity contribution is 7.13. The smallest absolute Gasteiger partial charge is 0.342 e. The SMILES string of the molecule is COc1ccc(CC2=C(c3ccc4nsnc4c3)C(=O)OC2(O)c2cc(OC)c(OC)c(OC)c2)s1. The molecule has 0 fully saturated rings. The fraction of sp³-hybridized carbons (Fsp3) is 0.240. The van der Waals surface area contributed by atoms with Crippen molar-refractivity contribution in [3.63, 3.8) is 0 Å². The molecule has 1 aliphatic heterocycles. The van der Waals surface area contributed by atoms with Crippen LogP contribution in [0.5, 0.6) is 22.3 Å². The van der Waals surface area contributed by atoms with Gasteiger partial charge in [-0.05, 0) is 42.0 Å². The van der Waals surface area contributed by atoms with Gasteiger partial charge in [-0.15, -0.1) is 11.3 Å². The number of esters is 1. The van der Waals surface area contributed by atoms with Crippen LogP contribution < -0.4 is 18.9 Å². The molecule has 36 heavy (non-hydrogen) atoms. The number of hydrogen-bond donors (Lipinski definition) is 1. The van der Waals surface area contributed by atoms with Crippen molar-refractivity contribution in [2.75, 3.05) is 28.4 Å². The van der Waals surface area contributed by atoms with E-state index in [9.17, 15) is 9.90 Å². The molecule has 9 nitrogen and oxygen atoms in total. The van der Waals surface area contributed by atoms with Crippen molar-refractivity contribution in [3.05, 3.63) is 64.0 Å². The summed E-state index contributed by atoms with van der Waals surface area (Å²) in [6.45, 7) is 0. The largest absolute Gasteiger partial charge is 0.493 e. The zero-order valence-electron chi connectivity index (χ0n) is 19.9. The predicted molar refractivity (Wildman–Crippen MR) is 135 cm³/mol. The van der Waals surface area contributed by atoms with Crippen molar-refractivity contribution in [3.8, 4) is 22.3 Å². The molecule has 11 heteroatoms. The minimum atomic E-state index is -2.09. The quantitative estimate of drug-likeness (QED) is 0.338. The summed E-state index contributed by atoms with van der Waals surface area (Å²) in [5.41, 5.74) is 2.83. The Hall–Kier alpha value is -3.67. The van der Waals surface area contributed by atoms with Crippen LogP contribution in [0.1, 0.15) is 16.0 Å². The molecule has 1 unspecified atom stereocenters. The van der Waals surface area contributed by atoms with E-state index in [1.165, 1.54) is 32.7 Å². The van der Waals surface area contributed by atoms with E-state index in [0.29, 0.717) is 39.0 Å². The molecule has 0 spiro atoms. The van der Waals surface area contributed by atoms with Crippen molar-refractivity contribution in [2.45, 2.75) is 12.2 Å². The summed E-state index contributed by atoms with van der Waals surface area (Å²) < 4.78 is 35.9. The lowest BCUT2D eigenvalue weighted by Crippen LogP contribution is -2.30. The van der Waals surface area contributed by atoms with E-state index in [1.54, 1.807) is 37.4 Å². The number of cyclic esters (lactones) is 1. The molecule has 5 rings (SSSR count). The summed E-state index contributed by atoms with van der Waals surface area (Å²) in [6.07, 6.45) is 0.232. The number of rotatable bonds is 8. The lowest BCUT2D eigenvalue weighted by Gasteiger charge is -2.27. The van der Waals surface area contributed by atoms with Crippen molar-refractivity contribution in [2.24, 2.45) is 0 Å². The summed E-state index contributed by atoms with van der Waals surface area (Å²) in [4.78, 5) is 14.2. The normalized spacial score (nSPS) is 17.4. The van der Waals surface area contributed by atoms with E-state index < -0.39 is 11.8 Å². The molecule has 0 saturated heterocycles. The van der Waals surface area contributed by atoms with Crippen LogP contribution in [0.3, 0.4) is 0 Å². The number of methoxy groups -OCH3 is 4. The van der Waals surface area contributed by atoms with Crippen LogP contribution in [-0.4, -0.2) is 48.3 Å². The third-order valence-electron chi connectivity index (χ3n) is 5.94. The fourth-order valence-electron chi connectivity index (χ4n) is 4.22. The van der Waals surface area contributed by atoms with Crippen molar-refractivity contribution in [1.29, 1.82) is 0 Å². The number of nitrogens with zero attached hydrogens (tertiary/aromatic N) is 2. The highest BCUT2D eigenvalue weighted by atomic mass is 32.1. The first-order valence-electron chi connectivity index (χ1n) is 10.8. The molecule has 0 bridgehead atoms. The first-order chi connectivity index (χ1) is 17.4. The standard InChI is InChI=1S/C25H22N2O7S2/c1-30-19-10-14(11-20(31-2)23(19)33-4)25(29)16(12-15-6-8-21(32-3)35-15)22(24(28)34-25)13-5-7-17-18(9-13)27-36-26-17/h5-11,29H,12H2,1-4H3. The molecule has 3 heterocycles. The molecule has 0 aliphatic carbocycles. The van der Waals surface area contributed by atoms with Gasteiger partial charge >= 0.3 is 5.97 Å². The van der Waals surface area contributed by atoms with Crippen LogP contribution in [0.4, 0.5) is 0 Å². The molecule has 0 radical (unpaired) electrons. The Labute approximate surface area is 214 Å². The maximum Gasteiger partial charge on any atom is 0.342 e. The topological polar surface area (TPSA) is 109 Å². The Kier molecular flexibility index (Phi) is 6.29. The van der Waals surface area contributed by atoms with E-state index in [2.05, 4.69) is 8.75 Å². The number of benzene rings is 2. The molecule has 0 saturated carbocycles.